The van der Waals surface area contributed by atoms with Crippen molar-refractivity contribution in [2.24, 2.45) is 5.92 Å². The fraction of sp³-hybridized carbons (Fsp3) is 0.615. The molecule has 2 atom stereocenters. The lowest BCUT2D eigenvalue weighted by atomic mass is 10.00. The number of ether oxygens (including phenoxy) is 1. The van der Waals surface area contributed by atoms with Gasteiger partial charge in [0.05, 0.1) is 11.0 Å². The lowest BCUT2D eigenvalue weighted by molar-refractivity contribution is -0.385. The number of nitrogens with one attached hydrogen (secondary N) is 1. The summed E-state index contributed by atoms with van der Waals surface area (Å²) >= 11 is 0. The van der Waals surface area contributed by atoms with E-state index in [0.717, 1.165) is 31.6 Å². The minimum absolute atomic E-state index is 0.0266. The van der Waals surface area contributed by atoms with Gasteiger partial charge in [-0.25, -0.2) is 4.98 Å². The lowest BCUT2D eigenvalue weighted by Gasteiger charge is -2.18. The van der Waals surface area contributed by atoms with Crippen molar-refractivity contribution in [1.29, 1.82) is 0 Å². The maximum Gasteiger partial charge on any atom is 0.287 e. The van der Waals surface area contributed by atoms with Crippen molar-refractivity contribution in [1.82, 2.24) is 4.98 Å². The van der Waals surface area contributed by atoms with Crippen LogP contribution in [0.3, 0.4) is 0 Å². The Hall–Kier alpha value is -1.69. The first-order valence-corrected chi connectivity index (χ1v) is 6.58. The van der Waals surface area contributed by atoms with Crippen molar-refractivity contribution < 1.29 is 9.66 Å². The third kappa shape index (κ3) is 3.20. The van der Waals surface area contributed by atoms with E-state index in [0.29, 0.717) is 17.8 Å². The Bertz CT molecular complexity index is 464. The SMILES string of the molecule is CCC1OCCC1CNc1ncc([N+](=O)[O-])cc1C. The van der Waals surface area contributed by atoms with Crippen LogP contribution in [0.15, 0.2) is 12.3 Å². The fourth-order valence-electron chi connectivity index (χ4n) is 2.45. The van der Waals surface area contributed by atoms with E-state index in [1.54, 1.807) is 0 Å². The molecule has 104 valence electrons. The molecule has 1 aliphatic heterocycles. The maximum absolute atomic E-state index is 10.6. The summed E-state index contributed by atoms with van der Waals surface area (Å²) in [6, 6.07) is 1.54. The Morgan fingerprint density at radius 2 is 2.42 bits per heavy atom. The van der Waals surface area contributed by atoms with Crippen molar-refractivity contribution in [3.63, 3.8) is 0 Å². The quantitative estimate of drug-likeness (QED) is 0.654. The summed E-state index contributed by atoms with van der Waals surface area (Å²) in [5.74, 6) is 1.20. The maximum atomic E-state index is 10.6. The highest BCUT2D eigenvalue weighted by atomic mass is 16.6. The predicted molar refractivity (Wildman–Crippen MR) is 72.3 cm³/mol. The molecule has 1 aliphatic rings. The van der Waals surface area contributed by atoms with Gasteiger partial charge in [0.1, 0.15) is 12.0 Å². The number of aromatic nitrogens is 1. The van der Waals surface area contributed by atoms with Crippen molar-refractivity contribution in [2.45, 2.75) is 32.8 Å². The number of rotatable bonds is 5. The fourth-order valence-corrected chi connectivity index (χ4v) is 2.45. The van der Waals surface area contributed by atoms with E-state index in [1.807, 2.05) is 6.92 Å². The molecule has 1 aromatic heterocycles. The molecule has 1 saturated heterocycles. The van der Waals surface area contributed by atoms with Crippen molar-refractivity contribution >= 4 is 11.5 Å². The van der Waals surface area contributed by atoms with Crippen LogP contribution in [-0.4, -0.2) is 29.2 Å². The summed E-state index contributed by atoms with van der Waals surface area (Å²) in [6.07, 6.45) is 3.67. The number of hydrogen-bond acceptors (Lipinski definition) is 5. The van der Waals surface area contributed by atoms with E-state index in [4.69, 9.17) is 4.74 Å². The molecule has 0 amide bonds. The van der Waals surface area contributed by atoms with Gasteiger partial charge in [-0.1, -0.05) is 6.92 Å². The highest BCUT2D eigenvalue weighted by Gasteiger charge is 2.26. The molecular formula is C13H19N3O3. The van der Waals surface area contributed by atoms with Gasteiger partial charge in [-0.15, -0.1) is 0 Å². The average Bonchev–Trinajstić information content (AvgIpc) is 2.84. The second kappa shape index (κ2) is 5.97. The van der Waals surface area contributed by atoms with Crippen LogP contribution in [0.5, 0.6) is 0 Å². The summed E-state index contributed by atoms with van der Waals surface area (Å²) < 4.78 is 5.63. The molecule has 0 radical (unpaired) electrons. The normalized spacial score (nSPS) is 22.4. The number of nitrogens with zero attached hydrogens (tertiary/aromatic N) is 2. The highest BCUT2D eigenvalue weighted by molar-refractivity contribution is 5.48. The number of pyridine rings is 1. The molecule has 1 N–H and O–H groups in total. The first-order valence-electron chi connectivity index (χ1n) is 6.58. The van der Waals surface area contributed by atoms with Crippen LogP contribution in [0.2, 0.25) is 0 Å². The number of anilines is 1. The highest BCUT2D eigenvalue weighted by Crippen LogP contribution is 2.24. The lowest BCUT2D eigenvalue weighted by Crippen LogP contribution is -2.23. The molecule has 19 heavy (non-hydrogen) atoms. The minimum atomic E-state index is -0.429. The Kier molecular flexibility index (Phi) is 4.31. The first kappa shape index (κ1) is 13.7. The Labute approximate surface area is 112 Å². The van der Waals surface area contributed by atoms with Gasteiger partial charge in [-0.3, -0.25) is 10.1 Å². The van der Waals surface area contributed by atoms with Crippen LogP contribution in [0.1, 0.15) is 25.3 Å². The van der Waals surface area contributed by atoms with E-state index in [9.17, 15) is 10.1 Å². The van der Waals surface area contributed by atoms with Gasteiger partial charge in [0.25, 0.3) is 5.69 Å². The third-order valence-corrected chi connectivity index (χ3v) is 3.56. The Balaban J connectivity index is 1.98. The van der Waals surface area contributed by atoms with Gasteiger partial charge in [0.15, 0.2) is 0 Å². The Morgan fingerprint density at radius 1 is 1.63 bits per heavy atom. The van der Waals surface area contributed by atoms with Crippen molar-refractivity contribution in [3.8, 4) is 0 Å². The van der Waals surface area contributed by atoms with Gasteiger partial charge in [-0.05, 0) is 25.3 Å². The molecule has 0 aliphatic carbocycles. The van der Waals surface area contributed by atoms with Gasteiger partial charge >= 0.3 is 0 Å². The van der Waals surface area contributed by atoms with Crippen LogP contribution >= 0.6 is 0 Å². The third-order valence-electron chi connectivity index (χ3n) is 3.56. The summed E-state index contributed by atoms with van der Waals surface area (Å²) in [5.41, 5.74) is 0.819. The Morgan fingerprint density at radius 3 is 3.05 bits per heavy atom. The predicted octanol–water partition coefficient (Wildman–Crippen LogP) is 2.53. The monoisotopic (exact) mass is 265 g/mol. The van der Waals surface area contributed by atoms with Crippen LogP contribution < -0.4 is 5.32 Å². The topological polar surface area (TPSA) is 77.3 Å². The zero-order valence-electron chi connectivity index (χ0n) is 11.3. The molecule has 1 aromatic rings. The van der Waals surface area contributed by atoms with Crippen molar-refractivity contribution in [3.05, 3.63) is 27.9 Å². The minimum Gasteiger partial charge on any atom is -0.378 e. The standard InChI is InChI=1S/C13H19N3O3/c1-3-12-10(4-5-19-12)7-14-13-9(2)6-11(8-15-13)16(17)18/h6,8,10,12H,3-5,7H2,1-2H3,(H,14,15). The summed E-state index contributed by atoms with van der Waals surface area (Å²) in [6.45, 7) is 5.56. The summed E-state index contributed by atoms with van der Waals surface area (Å²) in [5, 5.41) is 13.9. The molecule has 2 heterocycles. The molecule has 0 spiro atoms. The number of nitro groups is 1. The molecule has 2 rings (SSSR count). The van der Waals surface area contributed by atoms with Crippen LogP contribution in [0.25, 0.3) is 0 Å². The molecule has 6 nitrogen and oxygen atoms in total. The summed E-state index contributed by atoms with van der Waals surface area (Å²) in [4.78, 5) is 14.3. The largest absolute Gasteiger partial charge is 0.378 e. The average molecular weight is 265 g/mol. The molecule has 0 saturated carbocycles. The van der Waals surface area contributed by atoms with Gasteiger partial charge in [0, 0.05) is 25.1 Å². The van der Waals surface area contributed by atoms with Gasteiger partial charge in [-0.2, -0.15) is 0 Å². The van der Waals surface area contributed by atoms with Gasteiger partial charge in [0.2, 0.25) is 0 Å². The smallest absolute Gasteiger partial charge is 0.287 e. The molecule has 6 heteroatoms. The molecule has 1 fully saturated rings. The molecular weight excluding hydrogens is 246 g/mol. The van der Waals surface area contributed by atoms with E-state index in [-0.39, 0.29) is 5.69 Å². The van der Waals surface area contributed by atoms with E-state index in [1.165, 1.54) is 12.3 Å². The number of hydrogen-bond donors (Lipinski definition) is 1. The first-order chi connectivity index (χ1) is 9.11. The summed E-state index contributed by atoms with van der Waals surface area (Å²) in [7, 11) is 0. The van der Waals surface area contributed by atoms with E-state index in [2.05, 4.69) is 17.2 Å². The van der Waals surface area contributed by atoms with Gasteiger partial charge < -0.3 is 10.1 Å². The zero-order chi connectivity index (χ0) is 13.8. The van der Waals surface area contributed by atoms with Crippen molar-refractivity contribution in [2.75, 3.05) is 18.5 Å². The van der Waals surface area contributed by atoms with Crippen LogP contribution in [0.4, 0.5) is 11.5 Å². The second-order valence-electron chi connectivity index (χ2n) is 4.86. The molecule has 0 aromatic carbocycles. The molecule has 2 unspecified atom stereocenters. The number of aryl methyl sites for hydroxylation is 1. The molecule has 0 bridgehead atoms. The van der Waals surface area contributed by atoms with Crippen LogP contribution in [-0.2, 0) is 4.74 Å². The van der Waals surface area contributed by atoms with E-state index >= 15 is 0 Å². The second-order valence-corrected chi connectivity index (χ2v) is 4.86. The zero-order valence-corrected chi connectivity index (χ0v) is 11.3. The van der Waals surface area contributed by atoms with Crippen LogP contribution in [0, 0.1) is 23.0 Å². The van der Waals surface area contributed by atoms with E-state index < -0.39 is 4.92 Å².